The van der Waals surface area contributed by atoms with E-state index in [9.17, 15) is 0 Å². The van der Waals surface area contributed by atoms with Crippen molar-refractivity contribution in [3.8, 4) is 0 Å². The summed E-state index contributed by atoms with van der Waals surface area (Å²) in [6.45, 7) is 2.28. The number of unbranched alkanes of at least 4 members (excludes halogenated alkanes) is 2. The Morgan fingerprint density at radius 3 is 2.50 bits per heavy atom. The van der Waals surface area contributed by atoms with E-state index in [-0.39, 0.29) is 0 Å². The van der Waals surface area contributed by atoms with Crippen LogP contribution in [-0.4, -0.2) is 6.04 Å². The van der Waals surface area contributed by atoms with Gasteiger partial charge >= 0.3 is 0 Å². The van der Waals surface area contributed by atoms with Crippen molar-refractivity contribution in [1.82, 2.24) is 5.32 Å². The summed E-state index contributed by atoms with van der Waals surface area (Å²) in [7, 11) is 0. The average Bonchev–Trinajstić information content (AvgIpc) is 2.92. The lowest BCUT2D eigenvalue weighted by molar-refractivity contribution is 0.407. The Balaban J connectivity index is 1.93. The minimum absolute atomic E-state index is 0.570. The molecular weight excluding hydrogens is 218 g/mol. The summed E-state index contributed by atoms with van der Waals surface area (Å²) in [5, 5.41) is 3.89. The van der Waals surface area contributed by atoms with Crippen LogP contribution in [0, 0.1) is 0 Å². The maximum Gasteiger partial charge on any atom is 0.0322 e. The van der Waals surface area contributed by atoms with Gasteiger partial charge in [0.1, 0.15) is 0 Å². The number of rotatable bonds is 7. The first kappa shape index (κ1) is 13.6. The fourth-order valence-corrected chi connectivity index (χ4v) is 3.01. The third-order valence-corrected chi connectivity index (χ3v) is 4.09. The van der Waals surface area contributed by atoms with Crippen LogP contribution in [0.3, 0.4) is 0 Å². The maximum atomic E-state index is 3.89. The predicted molar refractivity (Wildman–Crippen MR) is 78.7 cm³/mol. The summed E-state index contributed by atoms with van der Waals surface area (Å²) >= 11 is 0. The highest BCUT2D eigenvalue weighted by atomic mass is 15.0. The Labute approximate surface area is 112 Å². The van der Waals surface area contributed by atoms with Crippen LogP contribution in [0.5, 0.6) is 0 Å². The van der Waals surface area contributed by atoms with E-state index in [1.165, 1.54) is 56.9 Å². The quantitative estimate of drug-likeness (QED) is 0.678. The van der Waals surface area contributed by atoms with Gasteiger partial charge in [-0.05, 0) is 24.8 Å². The van der Waals surface area contributed by atoms with Gasteiger partial charge in [0.2, 0.25) is 0 Å². The third-order valence-electron chi connectivity index (χ3n) is 4.09. The molecule has 0 aliphatic heterocycles. The van der Waals surface area contributed by atoms with Crippen LogP contribution in [0.2, 0.25) is 0 Å². The van der Waals surface area contributed by atoms with Gasteiger partial charge in [-0.1, -0.05) is 69.4 Å². The first-order chi connectivity index (χ1) is 8.90. The number of nitrogens with one attached hydrogen (secondary N) is 1. The molecule has 0 bridgehead atoms. The van der Waals surface area contributed by atoms with E-state index in [1.807, 2.05) is 0 Å². The Morgan fingerprint density at radius 2 is 1.83 bits per heavy atom. The second kappa shape index (κ2) is 7.58. The van der Waals surface area contributed by atoms with Crippen molar-refractivity contribution in [3.05, 3.63) is 35.9 Å². The van der Waals surface area contributed by atoms with Gasteiger partial charge in [-0.25, -0.2) is 0 Å². The topological polar surface area (TPSA) is 12.0 Å². The van der Waals surface area contributed by atoms with Gasteiger partial charge < -0.3 is 5.32 Å². The maximum absolute atomic E-state index is 3.89. The Kier molecular flexibility index (Phi) is 5.73. The van der Waals surface area contributed by atoms with Crippen LogP contribution in [0.15, 0.2) is 30.3 Å². The largest absolute Gasteiger partial charge is 0.307 e. The molecule has 1 heteroatoms. The van der Waals surface area contributed by atoms with Gasteiger partial charge in [0.15, 0.2) is 0 Å². The van der Waals surface area contributed by atoms with Crippen LogP contribution < -0.4 is 5.32 Å². The zero-order valence-electron chi connectivity index (χ0n) is 11.7. The molecule has 0 aromatic heterocycles. The van der Waals surface area contributed by atoms with Crippen LogP contribution in [0.1, 0.15) is 69.9 Å². The minimum atomic E-state index is 0.570. The summed E-state index contributed by atoms with van der Waals surface area (Å²) in [5.41, 5.74) is 1.47. The fourth-order valence-electron chi connectivity index (χ4n) is 3.01. The van der Waals surface area contributed by atoms with E-state index >= 15 is 0 Å². The molecule has 1 saturated carbocycles. The lowest BCUT2D eigenvalue weighted by atomic mass is 9.99. The second-order valence-corrected chi connectivity index (χ2v) is 5.61. The van der Waals surface area contributed by atoms with Crippen molar-refractivity contribution in [2.75, 3.05) is 0 Å². The molecule has 1 aliphatic rings. The first-order valence-corrected chi connectivity index (χ1v) is 7.71. The highest BCUT2D eigenvalue weighted by Gasteiger charge is 2.19. The van der Waals surface area contributed by atoms with Crippen molar-refractivity contribution in [2.45, 2.75) is 70.4 Å². The van der Waals surface area contributed by atoms with Crippen molar-refractivity contribution in [2.24, 2.45) is 0 Å². The Morgan fingerprint density at radius 1 is 1.11 bits per heavy atom. The molecule has 1 N–H and O–H groups in total. The van der Waals surface area contributed by atoms with Crippen LogP contribution >= 0.6 is 0 Å². The Bertz CT molecular complexity index is 314. The Hall–Kier alpha value is -0.820. The third kappa shape index (κ3) is 4.13. The summed E-state index contributed by atoms with van der Waals surface area (Å²) in [6.07, 6.45) is 10.9. The lowest BCUT2D eigenvalue weighted by Crippen LogP contribution is -2.30. The summed E-state index contributed by atoms with van der Waals surface area (Å²) < 4.78 is 0. The average molecular weight is 245 g/mol. The van der Waals surface area contributed by atoms with E-state index in [0.717, 1.165) is 6.04 Å². The van der Waals surface area contributed by atoms with Gasteiger partial charge in [0, 0.05) is 12.1 Å². The monoisotopic (exact) mass is 245 g/mol. The molecule has 100 valence electrons. The number of hydrogen-bond donors (Lipinski definition) is 1. The van der Waals surface area contributed by atoms with Gasteiger partial charge in [-0.2, -0.15) is 0 Å². The van der Waals surface area contributed by atoms with E-state index < -0.39 is 0 Å². The highest BCUT2D eigenvalue weighted by Crippen LogP contribution is 2.25. The molecule has 0 amide bonds. The molecule has 2 rings (SSSR count). The van der Waals surface area contributed by atoms with Gasteiger partial charge in [0.05, 0.1) is 0 Å². The first-order valence-electron chi connectivity index (χ1n) is 7.71. The molecule has 1 nitrogen and oxygen atoms in total. The standard InChI is InChI=1S/C17H27N/c1-2-3-5-14-17(15-10-6-4-7-11-15)18-16-12-8-9-13-16/h4,6-7,10-11,16-18H,2-3,5,8-9,12-14H2,1H3. The normalized spacial score (nSPS) is 18.1. The summed E-state index contributed by atoms with van der Waals surface area (Å²) in [4.78, 5) is 0. The molecule has 1 aromatic carbocycles. The van der Waals surface area contributed by atoms with Crippen LogP contribution in [0.25, 0.3) is 0 Å². The summed E-state index contributed by atoms with van der Waals surface area (Å²) in [6, 6.07) is 12.3. The molecule has 1 unspecified atom stereocenters. The molecule has 1 aromatic rings. The predicted octanol–water partition coefficient (Wildman–Crippen LogP) is 4.84. The molecular formula is C17H27N. The van der Waals surface area contributed by atoms with Crippen molar-refractivity contribution in [3.63, 3.8) is 0 Å². The summed E-state index contributed by atoms with van der Waals surface area (Å²) in [5.74, 6) is 0. The SMILES string of the molecule is CCCCCC(NC1CCCC1)c1ccccc1. The second-order valence-electron chi connectivity index (χ2n) is 5.61. The minimum Gasteiger partial charge on any atom is -0.307 e. The molecule has 1 atom stereocenters. The highest BCUT2D eigenvalue weighted by molar-refractivity contribution is 5.19. The molecule has 1 fully saturated rings. The van der Waals surface area contributed by atoms with Gasteiger partial charge in [-0.3, -0.25) is 0 Å². The fraction of sp³-hybridized carbons (Fsp3) is 0.647. The zero-order valence-corrected chi connectivity index (χ0v) is 11.7. The molecule has 1 aliphatic carbocycles. The van der Waals surface area contributed by atoms with E-state index in [0.29, 0.717) is 6.04 Å². The molecule has 18 heavy (non-hydrogen) atoms. The van der Waals surface area contributed by atoms with E-state index in [2.05, 4.69) is 42.6 Å². The van der Waals surface area contributed by atoms with E-state index in [1.54, 1.807) is 0 Å². The van der Waals surface area contributed by atoms with Crippen molar-refractivity contribution in [1.29, 1.82) is 0 Å². The molecule has 0 saturated heterocycles. The van der Waals surface area contributed by atoms with E-state index in [4.69, 9.17) is 0 Å². The van der Waals surface area contributed by atoms with Crippen LogP contribution in [0.4, 0.5) is 0 Å². The molecule has 0 radical (unpaired) electrons. The molecule has 0 spiro atoms. The van der Waals surface area contributed by atoms with Crippen molar-refractivity contribution >= 4 is 0 Å². The number of hydrogen-bond acceptors (Lipinski definition) is 1. The lowest BCUT2D eigenvalue weighted by Gasteiger charge is -2.23. The number of benzene rings is 1. The smallest absolute Gasteiger partial charge is 0.0322 e. The van der Waals surface area contributed by atoms with Crippen molar-refractivity contribution < 1.29 is 0 Å². The molecule has 0 heterocycles. The zero-order chi connectivity index (χ0) is 12.6. The van der Waals surface area contributed by atoms with Crippen LogP contribution in [-0.2, 0) is 0 Å². The van der Waals surface area contributed by atoms with Gasteiger partial charge in [0.25, 0.3) is 0 Å². The van der Waals surface area contributed by atoms with Gasteiger partial charge in [-0.15, -0.1) is 0 Å².